The van der Waals surface area contributed by atoms with E-state index in [1.54, 1.807) is 19.1 Å². The number of hydrogen-bond donors (Lipinski definition) is 2. The molecule has 4 amide bonds. The molecule has 1 fully saturated rings. The third-order valence-electron chi connectivity index (χ3n) is 5.65. The molecular weight excluding hydrogens is 370 g/mol. The van der Waals surface area contributed by atoms with Gasteiger partial charge in [-0.15, -0.1) is 0 Å². The zero-order valence-electron chi connectivity index (χ0n) is 16.5. The van der Waals surface area contributed by atoms with E-state index in [1.165, 1.54) is 18.4 Å². The van der Waals surface area contributed by atoms with E-state index in [-0.39, 0.29) is 12.5 Å². The van der Waals surface area contributed by atoms with Crippen molar-refractivity contribution in [2.45, 2.75) is 44.6 Å². The van der Waals surface area contributed by atoms with Crippen molar-refractivity contribution in [2.24, 2.45) is 0 Å². The quantitative estimate of drug-likeness (QED) is 0.580. The van der Waals surface area contributed by atoms with Crippen LogP contribution in [0.25, 0.3) is 11.0 Å². The number of para-hydroxylation sites is 1. The summed E-state index contributed by atoms with van der Waals surface area (Å²) >= 11 is 0. The van der Waals surface area contributed by atoms with E-state index in [9.17, 15) is 14.4 Å². The minimum atomic E-state index is -1.33. The standard InChI is InChI=1S/C22H25N3O4/c1-22(18-13-16-9-5-6-10-17(16)29-18)20(27)25(21(28)24-22)14-19(26)23-12-11-15-7-3-2-4-8-15/h5-7,9-10,13H,2-4,8,11-12,14H2,1H3,(H,23,26)(H,24,28)/t22-/m0/s1. The van der Waals surface area contributed by atoms with E-state index in [4.69, 9.17) is 4.42 Å². The van der Waals surface area contributed by atoms with Crippen LogP contribution in [0.3, 0.4) is 0 Å². The fourth-order valence-electron chi connectivity index (χ4n) is 3.93. The van der Waals surface area contributed by atoms with Gasteiger partial charge in [0.25, 0.3) is 5.91 Å². The molecule has 1 aliphatic carbocycles. The second kappa shape index (κ2) is 7.73. The van der Waals surface area contributed by atoms with Crippen LogP contribution in [0.15, 0.2) is 46.4 Å². The van der Waals surface area contributed by atoms with Crippen LogP contribution in [-0.2, 0) is 15.1 Å². The predicted octanol–water partition coefficient (Wildman–Crippen LogP) is 3.21. The molecule has 7 heteroatoms. The molecule has 0 bridgehead atoms. The van der Waals surface area contributed by atoms with Gasteiger partial charge in [-0.25, -0.2) is 4.79 Å². The molecule has 1 saturated heterocycles. The molecule has 0 spiro atoms. The summed E-state index contributed by atoms with van der Waals surface area (Å²) in [5, 5.41) is 6.33. The number of benzene rings is 1. The summed E-state index contributed by atoms with van der Waals surface area (Å²) in [5.74, 6) is -0.491. The Morgan fingerprint density at radius 3 is 2.86 bits per heavy atom. The van der Waals surface area contributed by atoms with Gasteiger partial charge in [-0.05, 0) is 51.2 Å². The zero-order valence-corrected chi connectivity index (χ0v) is 16.5. The van der Waals surface area contributed by atoms with Gasteiger partial charge in [0, 0.05) is 11.9 Å². The maximum atomic E-state index is 13.0. The van der Waals surface area contributed by atoms with Crippen molar-refractivity contribution in [3.8, 4) is 0 Å². The molecule has 152 valence electrons. The van der Waals surface area contributed by atoms with Gasteiger partial charge in [-0.1, -0.05) is 29.8 Å². The van der Waals surface area contributed by atoms with Crippen LogP contribution in [0.2, 0.25) is 0 Å². The number of furan rings is 1. The number of carbonyl (C=O) groups is 3. The average molecular weight is 395 g/mol. The second-order valence-electron chi connectivity index (χ2n) is 7.80. The van der Waals surface area contributed by atoms with Crippen molar-refractivity contribution in [3.63, 3.8) is 0 Å². The Balaban J connectivity index is 1.39. The van der Waals surface area contributed by atoms with Gasteiger partial charge in [0.2, 0.25) is 5.91 Å². The Morgan fingerprint density at radius 2 is 2.10 bits per heavy atom. The molecule has 4 rings (SSSR count). The van der Waals surface area contributed by atoms with Crippen LogP contribution >= 0.6 is 0 Å². The number of urea groups is 1. The first-order chi connectivity index (χ1) is 14.0. The summed E-state index contributed by atoms with van der Waals surface area (Å²) in [7, 11) is 0. The van der Waals surface area contributed by atoms with Gasteiger partial charge in [-0.3, -0.25) is 14.5 Å². The average Bonchev–Trinajstić information content (AvgIpc) is 3.25. The van der Waals surface area contributed by atoms with Crippen molar-refractivity contribution >= 4 is 28.8 Å². The first-order valence-electron chi connectivity index (χ1n) is 10.0. The highest BCUT2D eigenvalue weighted by molar-refractivity contribution is 6.09. The summed E-state index contributed by atoms with van der Waals surface area (Å²) in [5.41, 5.74) is 0.673. The molecule has 0 unspecified atom stereocenters. The third-order valence-corrected chi connectivity index (χ3v) is 5.65. The number of carbonyl (C=O) groups excluding carboxylic acids is 3. The first kappa shape index (κ1) is 19.2. The Hall–Kier alpha value is -3.09. The Kier molecular flexibility index (Phi) is 5.13. The third kappa shape index (κ3) is 3.77. The maximum Gasteiger partial charge on any atom is 0.325 e. The number of rotatable bonds is 6. The van der Waals surface area contributed by atoms with E-state index >= 15 is 0 Å². The molecule has 0 saturated carbocycles. The fourth-order valence-corrected chi connectivity index (χ4v) is 3.93. The van der Waals surface area contributed by atoms with Crippen molar-refractivity contribution in [2.75, 3.05) is 13.1 Å². The van der Waals surface area contributed by atoms with Crippen molar-refractivity contribution in [3.05, 3.63) is 47.7 Å². The van der Waals surface area contributed by atoms with E-state index in [1.807, 2.05) is 18.2 Å². The Morgan fingerprint density at radius 1 is 1.28 bits per heavy atom. The SMILES string of the molecule is C[C@@]1(c2cc3ccccc3o2)NC(=O)N(CC(=O)NCCC2=CCCCC2)C1=O. The van der Waals surface area contributed by atoms with E-state index in [2.05, 4.69) is 16.7 Å². The molecule has 2 heterocycles. The van der Waals surface area contributed by atoms with Gasteiger partial charge >= 0.3 is 6.03 Å². The number of nitrogens with zero attached hydrogens (tertiary/aromatic N) is 1. The van der Waals surface area contributed by atoms with Crippen molar-refractivity contribution in [1.29, 1.82) is 0 Å². The normalized spacial score (nSPS) is 22.0. The number of hydrogen-bond acceptors (Lipinski definition) is 4. The summed E-state index contributed by atoms with van der Waals surface area (Å²) in [6.07, 6.45) is 7.66. The predicted molar refractivity (Wildman–Crippen MR) is 108 cm³/mol. The number of imide groups is 1. The molecular formula is C22H25N3O4. The molecule has 1 aliphatic heterocycles. The number of nitrogens with one attached hydrogen (secondary N) is 2. The van der Waals surface area contributed by atoms with Crippen LogP contribution in [0.1, 0.15) is 44.8 Å². The van der Waals surface area contributed by atoms with Crippen LogP contribution < -0.4 is 10.6 Å². The summed E-state index contributed by atoms with van der Waals surface area (Å²) in [6.45, 7) is 1.80. The summed E-state index contributed by atoms with van der Waals surface area (Å²) < 4.78 is 5.79. The lowest BCUT2D eigenvalue weighted by atomic mass is 9.97. The zero-order chi connectivity index (χ0) is 20.4. The van der Waals surface area contributed by atoms with E-state index in [0.29, 0.717) is 17.9 Å². The van der Waals surface area contributed by atoms with Crippen LogP contribution in [-0.4, -0.2) is 35.8 Å². The number of fused-ring (bicyclic) bond motifs is 1. The highest BCUT2D eigenvalue weighted by Crippen LogP contribution is 2.32. The monoisotopic (exact) mass is 395 g/mol. The van der Waals surface area contributed by atoms with Gasteiger partial charge in [0.1, 0.15) is 17.9 Å². The number of amides is 4. The molecule has 1 aromatic carbocycles. The maximum absolute atomic E-state index is 13.0. The van der Waals surface area contributed by atoms with Crippen LogP contribution in [0.4, 0.5) is 4.79 Å². The molecule has 29 heavy (non-hydrogen) atoms. The molecule has 7 nitrogen and oxygen atoms in total. The smallest absolute Gasteiger partial charge is 0.325 e. The van der Waals surface area contributed by atoms with E-state index < -0.39 is 17.5 Å². The molecule has 0 radical (unpaired) electrons. The minimum absolute atomic E-state index is 0.306. The molecule has 2 N–H and O–H groups in total. The lowest BCUT2D eigenvalue weighted by molar-refractivity contribution is -0.135. The highest BCUT2D eigenvalue weighted by Gasteiger charge is 2.51. The second-order valence-corrected chi connectivity index (χ2v) is 7.80. The number of allylic oxidation sites excluding steroid dienone is 1. The molecule has 1 aromatic heterocycles. The first-order valence-corrected chi connectivity index (χ1v) is 10.0. The fraction of sp³-hybridized carbons (Fsp3) is 0.409. The van der Waals surface area contributed by atoms with Crippen LogP contribution in [0, 0.1) is 0 Å². The van der Waals surface area contributed by atoms with Crippen molar-refractivity contribution < 1.29 is 18.8 Å². The minimum Gasteiger partial charge on any atom is -0.458 e. The lowest BCUT2D eigenvalue weighted by Gasteiger charge is -2.19. The van der Waals surface area contributed by atoms with E-state index in [0.717, 1.165) is 29.5 Å². The Bertz CT molecular complexity index is 960. The molecule has 2 aromatic rings. The largest absolute Gasteiger partial charge is 0.458 e. The molecule has 1 atom stereocenters. The lowest BCUT2D eigenvalue weighted by Crippen LogP contribution is -2.43. The van der Waals surface area contributed by atoms with Gasteiger partial charge < -0.3 is 15.1 Å². The Labute approximate surface area is 169 Å². The topological polar surface area (TPSA) is 91.7 Å². The van der Waals surface area contributed by atoms with Crippen LogP contribution in [0.5, 0.6) is 0 Å². The van der Waals surface area contributed by atoms with Gasteiger partial charge in [0.05, 0.1) is 0 Å². The summed E-state index contributed by atoms with van der Waals surface area (Å²) in [6, 6.07) is 8.54. The van der Waals surface area contributed by atoms with Gasteiger partial charge in [-0.2, -0.15) is 0 Å². The summed E-state index contributed by atoms with van der Waals surface area (Å²) in [4.78, 5) is 38.6. The highest BCUT2D eigenvalue weighted by atomic mass is 16.3. The molecule has 2 aliphatic rings. The van der Waals surface area contributed by atoms with Gasteiger partial charge in [0.15, 0.2) is 5.54 Å². The van der Waals surface area contributed by atoms with Crippen molar-refractivity contribution in [1.82, 2.24) is 15.5 Å².